The van der Waals surface area contributed by atoms with E-state index in [4.69, 9.17) is 4.74 Å². The van der Waals surface area contributed by atoms with Crippen LogP contribution in [0.2, 0.25) is 0 Å². The number of nitrogens with zero attached hydrogens (tertiary/aromatic N) is 2. The molecule has 1 aliphatic rings. The number of piperazine rings is 1. The zero-order valence-corrected chi connectivity index (χ0v) is 19.5. The average molecular weight is 466 g/mol. The Balaban J connectivity index is 1.33. The number of amides is 1. The molecule has 3 aromatic rings. The van der Waals surface area contributed by atoms with Gasteiger partial charge in [0.05, 0.1) is 12.0 Å². The Morgan fingerprint density at radius 1 is 0.788 bits per heavy atom. The van der Waals surface area contributed by atoms with Gasteiger partial charge in [0.1, 0.15) is 5.75 Å². The van der Waals surface area contributed by atoms with Gasteiger partial charge in [-0.05, 0) is 72.8 Å². The fraction of sp³-hybridized carbons (Fsp3) is 0.240. The lowest BCUT2D eigenvalue weighted by atomic mass is 10.2. The first kappa shape index (κ1) is 22.7. The third-order valence-electron chi connectivity index (χ3n) is 5.75. The van der Waals surface area contributed by atoms with E-state index in [9.17, 15) is 13.2 Å². The standard InChI is InChI=1S/C25H27N3O4S/c1-32-23-11-3-19(4-12-23)25(29)26-20-5-7-21(8-6-20)27-15-17-28(18-16-27)22-9-13-24(14-10-22)33(2,30)31/h3-14H,15-18H2,1-2H3,(H,26,29). The van der Waals surface area contributed by atoms with Crippen molar-refractivity contribution in [1.82, 2.24) is 0 Å². The first-order valence-corrected chi connectivity index (χ1v) is 12.6. The van der Waals surface area contributed by atoms with Gasteiger partial charge < -0.3 is 19.9 Å². The number of carbonyl (C=O) groups is 1. The van der Waals surface area contributed by atoms with E-state index >= 15 is 0 Å². The molecule has 4 rings (SSSR count). The van der Waals surface area contributed by atoms with Gasteiger partial charge in [0.25, 0.3) is 5.91 Å². The lowest BCUT2D eigenvalue weighted by molar-refractivity contribution is 0.102. The molecule has 1 fully saturated rings. The van der Waals surface area contributed by atoms with Gasteiger partial charge in [0.15, 0.2) is 9.84 Å². The van der Waals surface area contributed by atoms with Crippen molar-refractivity contribution in [1.29, 1.82) is 0 Å². The molecule has 0 bridgehead atoms. The normalized spacial score (nSPS) is 14.1. The van der Waals surface area contributed by atoms with E-state index in [2.05, 4.69) is 15.1 Å². The highest BCUT2D eigenvalue weighted by Gasteiger charge is 2.18. The minimum atomic E-state index is -3.18. The molecule has 0 aliphatic carbocycles. The van der Waals surface area contributed by atoms with Gasteiger partial charge in [0.2, 0.25) is 0 Å². The predicted molar refractivity (Wildman–Crippen MR) is 131 cm³/mol. The van der Waals surface area contributed by atoms with Gasteiger partial charge in [-0.25, -0.2) is 8.42 Å². The van der Waals surface area contributed by atoms with Crippen LogP contribution in [0, 0.1) is 0 Å². The Hall–Kier alpha value is -3.52. The number of hydrogen-bond acceptors (Lipinski definition) is 6. The Kier molecular flexibility index (Phi) is 6.55. The largest absolute Gasteiger partial charge is 0.497 e. The van der Waals surface area contributed by atoms with E-state index in [1.54, 1.807) is 43.5 Å². The number of rotatable bonds is 6. The minimum absolute atomic E-state index is 0.166. The molecule has 0 unspecified atom stereocenters. The summed E-state index contributed by atoms with van der Waals surface area (Å²) >= 11 is 0. The van der Waals surface area contributed by atoms with E-state index in [1.807, 2.05) is 36.4 Å². The van der Waals surface area contributed by atoms with Crippen LogP contribution in [0.5, 0.6) is 5.75 Å². The number of sulfone groups is 1. The van der Waals surface area contributed by atoms with Crippen molar-refractivity contribution >= 4 is 32.8 Å². The Bertz CT molecular complexity index is 1200. The lowest BCUT2D eigenvalue weighted by Gasteiger charge is -2.37. The molecule has 1 heterocycles. The van der Waals surface area contributed by atoms with Gasteiger partial charge >= 0.3 is 0 Å². The molecule has 0 spiro atoms. The van der Waals surface area contributed by atoms with Crippen LogP contribution in [0.25, 0.3) is 0 Å². The number of carbonyl (C=O) groups excluding carboxylic acids is 1. The van der Waals surface area contributed by atoms with Crippen molar-refractivity contribution in [2.75, 3.05) is 54.7 Å². The summed E-state index contributed by atoms with van der Waals surface area (Å²) in [5, 5.41) is 2.92. The fourth-order valence-electron chi connectivity index (χ4n) is 3.83. The maximum atomic E-state index is 12.4. The molecule has 1 N–H and O–H groups in total. The maximum Gasteiger partial charge on any atom is 0.255 e. The van der Waals surface area contributed by atoms with E-state index in [0.29, 0.717) is 16.2 Å². The van der Waals surface area contributed by atoms with Crippen molar-refractivity contribution in [3.8, 4) is 5.75 Å². The smallest absolute Gasteiger partial charge is 0.255 e. The van der Waals surface area contributed by atoms with Crippen LogP contribution < -0.4 is 19.9 Å². The highest BCUT2D eigenvalue weighted by Crippen LogP contribution is 2.24. The molecule has 3 aromatic carbocycles. The van der Waals surface area contributed by atoms with Crippen molar-refractivity contribution in [3.05, 3.63) is 78.4 Å². The van der Waals surface area contributed by atoms with Crippen LogP contribution in [-0.4, -0.2) is 53.9 Å². The highest BCUT2D eigenvalue weighted by molar-refractivity contribution is 7.90. The van der Waals surface area contributed by atoms with Gasteiger partial charge in [-0.2, -0.15) is 0 Å². The molecular weight excluding hydrogens is 438 g/mol. The molecule has 0 aromatic heterocycles. The fourth-order valence-corrected chi connectivity index (χ4v) is 4.46. The van der Waals surface area contributed by atoms with Crippen LogP contribution in [0.1, 0.15) is 10.4 Å². The summed E-state index contributed by atoms with van der Waals surface area (Å²) in [6.07, 6.45) is 1.22. The van der Waals surface area contributed by atoms with Gasteiger partial charge in [-0.3, -0.25) is 4.79 Å². The van der Waals surface area contributed by atoms with Crippen molar-refractivity contribution < 1.29 is 17.9 Å². The second-order valence-corrected chi connectivity index (χ2v) is 9.99. The van der Waals surface area contributed by atoms with Gasteiger partial charge in [-0.1, -0.05) is 0 Å². The SMILES string of the molecule is COc1ccc(C(=O)Nc2ccc(N3CCN(c4ccc(S(C)(=O)=O)cc4)CC3)cc2)cc1. The summed E-state index contributed by atoms with van der Waals surface area (Å²) in [6, 6.07) is 21.9. The summed E-state index contributed by atoms with van der Waals surface area (Å²) in [7, 11) is -1.59. The quantitative estimate of drug-likeness (QED) is 0.598. The Labute approximate surface area is 194 Å². The molecule has 1 saturated heterocycles. The number of hydrogen-bond donors (Lipinski definition) is 1. The topological polar surface area (TPSA) is 79.0 Å². The first-order valence-electron chi connectivity index (χ1n) is 10.7. The lowest BCUT2D eigenvalue weighted by Crippen LogP contribution is -2.46. The molecule has 0 saturated carbocycles. The van der Waals surface area contributed by atoms with E-state index < -0.39 is 9.84 Å². The van der Waals surface area contributed by atoms with Crippen LogP contribution in [0.15, 0.2) is 77.7 Å². The summed E-state index contributed by atoms with van der Waals surface area (Å²) < 4.78 is 28.4. The molecule has 7 nitrogen and oxygen atoms in total. The summed E-state index contributed by atoms with van der Waals surface area (Å²) in [4.78, 5) is 17.3. The van der Waals surface area contributed by atoms with E-state index in [1.165, 1.54) is 6.26 Å². The Morgan fingerprint density at radius 3 is 1.73 bits per heavy atom. The molecular formula is C25H27N3O4S. The molecule has 1 aliphatic heterocycles. The molecule has 33 heavy (non-hydrogen) atoms. The number of nitrogens with one attached hydrogen (secondary N) is 1. The van der Waals surface area contributed by atoms with Crippen LogP contribution in [0.3, 0.4) is 0 Å². The third kappa shape index (κ3) is 5.46. The van der Waals surface area contributed by atoms with E-state index in [0.717, 1.165) is 43.2 Å². The van der Waals surface area contributed by atoms with Crippen molar-refractivity contribution in [2.45, 2.75) is 4.90 Å². The van der Waals surface area contributed by atoms with Gasteiger partial charge in [-0.15, -0.1) is 0 Å². The highest BCUT2D eigenvalue weighted by atomic mass is 32.2. The van der Waals surface area contributed by atoms with Crippen LogP contribution in [-0.2, 0) is 9.84 Å². The number of anilines is 3. The molecule has 0 radical (unpaired) electrons. The van der Waals surface area contributed by atoms with Gasteiger partial charge in [0, 0.05) is 55.1 Å². The second-order valence-electron chi connectivity index (χ2n) is 7.97. The van der Waals surface area contributed by atoms with E-state index in [-0.39, 0.29) is 5.91 Å². The molecule has 172 valence electrons. The maximum absolute atomic E-state index is 12.4. The average Bonchev–Trinajstić information content (AvgIpc) is 2.84. The summed E-state index contributed by atoms with van der Waals surface area (Å²) in [5.41, 5.74) is 3.44. The van der Waals surface area contributed by atoms with Crippen LogP contribution >= 0.6 is 0 Å². The van der Waals surface area contributed by atoms with Crippen molar-refractivity contribution in [3.63, 3.8) is 0 Å². The summed E-state index contributed by atoms with van der Waals surface area (Å²) in [5.74, 6) is 0.544. The number of ether oxygens (including phenoxy) is 1. The number of methoxy groups -OCH3 is 1. The Morgan fingerprint density at radius 2 is 1.27 bits per heavy atom. The molecule has 1 amide bonds. The zero-order chi connectivity index (χ0) is 23.4. The third-order valence-corrected chi connectivity index (χ3v) is 6.88. The molecule has 0 atom stereocenters. The first-order chi connectivity index (χ1) is 15.8. The van der Waals surface area contributed by atoms with Crippen molar-refractivity contribution in [2.24, 2.45) is 0 Å². The minimum Gasteiger partial charge on any atom is -0.497 e. The predicted octanol–water partition coefficient (Wildman–Crippen LogP) is 3.68. The monoisotopic (exact) mass is 465 g/mol. The number of benzene rings is 3. The zero-order valence-electron chi connectivity index (χ0n) is 18.7. The van der Waals surface area contributed by atoms with Crippen LogP contribution in [0.4, 0.5) is 17.1 Å². The molecule has 8 heteroatoms. The second kappa shape index (κ2) is 9.54. The summed E-state index contributed by atoms with van der Waals surface area (Å²) in [6.45, 7) is 3.39.